The number of fused-ring (bicyclic) bond motifs is 1. The number of carbonyl (C=O) groups is 3. The van der Waals surface area contributed by atoms with E-state index in [1.54, 1.807) is 25.1 Å². The predicted octanol–water partition coefficient (Wildman–Crippen LogP) is 1.69. The number of carbonyl (C=O) groups excluding carboxylic acids is 3. The van der Waals surface area contributed by atoms with Crippen molar-refractivity contribution in [3.05, 3.63) is 35.0 Å². The minimum Gasteiger partial charge on any atom is -0.466 e. The van der Waals surface area contributed by atoms with Gasteiger partial charge in [0.1, 0.15) is 6.04 Å². The van der Waals surface area contributed by atoms with E-state index in [4.69, 9.17) is 18.9 Å². The molecule has 3 rings (SSSR count). The number of amides is 3. The van der Waals surface area contributed by atoms with Gasteiger partial charge in [0.05, 0.1) is 19.8 Å². The van der Waals surface area contributed by atoms with Crippen LogP contribution in [0.2, 0.25) is 0 Å². The SMILES string of the molecule is COC(=O)C1=C(C)NC(=O)N(C(=O)OC)[C@@H]1c1ccc2c(c1)OCO2. The van der Waals surface area contributed by atoms with E-state index in [2.05, 4.69) is 5.32 Å². The Kier molecular flexibility index (Phi) is 4.22. The minimum atomic E-state index is -1.02. The monoisotopic (exact) mass is 348 g/mol. The molecule has 1 N–H and O–H groups in total. The zero-order valence-electron chi connectivity index (χ0n) is 13.8. The van der Waals surface area contributed by atoms with Crippen LogP contribution in [0.15, 0.2) is 29.5 Å². The molecule has 0 radical (unpaired) electrons. The summed E-state index contributed by atoms with van der Waals surface area (Å²) in [6, 6.07) is 3.16. The third-order valence-corrected chi connectivity index (χ3v) is 3.94. The van der Waals surface area contributed by atoms with Crippen LogP contribution in [0.25, 0.3) is 0 Å². The smallest absolute Gasteiger partial charge is 0.418 e. The van der Waals surface area contributed by atoms with Crippen LogP contribution in [0.1, 0.15) is 18.5 Å². The molecule has 1 aromatic rings. The second-order valence-corrected chi connectivity index (χ2v) is 5.32. The van der Waals surface area contributed by atoms with Crippen molar-refractivity contribution in [2.45, 2.75) is 13.0 Å². The van der Waals surface area contributed by atoms with Gasteiger partial charge < -0.3 is 24.3 Å². The number of hydrogen-bond donors (Lipinski definition) is 1. The summed E-state index contributed by atoms with van der Waals surface area (Å²) >= 11 is 0. The van der Waals surface area contributed by atoms with E-state index in [-0.39, 0.29) is 12.4 Å². The van der Waals surface area contributed by atoms with Crippen LogP contribution in [-0.4, -0.2) is 44.0 Å². The van der Waals surface area contributed by atoms with E-state index in [1.807, 2.05) is 0 Å². The van der Waals surface area contributed by atoms with Gasteiger partial charge in [-0.2, -0.15) is 0 Å². The van der Waals surface area contributed by atoms with Gasteiger partial charge in [-0.1, -0.05) is 6.07 Å². The average Bonchev–Trinajstić information content (AvgIpc) is 3.07. The van der Waals surface area contributed by atoms with E-state index in [0.717, 1.165) is 12.0 Å². The summed E-state index contributed by atoms with van der Waals surface area (Å²) in [5, 5.41) is 2.47. The molecule has 25 heavy (non-hydrogen) atoms. The first-order valence-corrected chi connectivity index (χ1v) is 7.34. The maximum atomic E-state index is 12.4. The molecule has 0 bridgehead atoms. The second-order valence-electron chi connectivity index (χ2n) is 5.32. The number of hydrogen-bond acceptors (Lipinski definition) is 7. The van der Waals surface area contributed by atoms with E-state index < -0.39 is 24.1 Å². The molecule has 2 aliphatic rings. The molecule has 1 atom stereocenters. The van der Waals surface area contributed by atoms with Crippen LogP contribution in [0.4, 0.5) is 9.59 Å². The molecule has 2 aliphatic heterocycles. The van der Waals surface area contributed by atoms with Gasteiger partial charge in [0.15, 0.2) is 11.5 Å². The van der Waals surface area contributed by atoms with Gasteiger partial charge in [-0.05, 0) is 24.6 Å². The minimum absolute atomic E-state index is 0.0728. The van der Waals surface area contributed by atoms with Gasteiger partial charge in [-0.25, -0.2) is 19.3 Å². The normalized spacial score (nSPS) is 18.8. The molecule has 0 saturated heterocycles. The summed E-state index contributed by atoms with van der Waals surface area (Å²) < 4.78 is 20.1. The van der Waals surface area contributed by atoms with E-state index >= 15 is 0 Å². The Morgan fingerprint density at radius 1 is 1.20 bits per heavy atom. The lowest BCUT2D eigenvalue weighted by Crippen LogP contribution is -2.51. The third kappa shape index (κ3) is 2.73. The van der Waals surface area contributed by atoms with Crippen molar-refractivity contribution in [1.82, 2.24) is 10.2 Å². The molecule has 0 unspecified atom stereocenters. The summed E-state index contributed by atoms with van der Waals surface area (Å²) in [5.74, 6) is 0.318. The van der Waals surface area contributed by atoms with Crippen LogP contribution in [0.5, 0.6) is 11.5 Å². The number of allylic oxidation sites excluding steroid dienone is 1. The molecule has 3 amide bonds. The number of nitrogens with one attached hydrogen (secondary N) is 1. The Labute approximate surface area is 143 Å². The lowest BCUT2D eigenvalue weighted by Gasteiger charge is -2.35. The van der Waals surface area contributed by atoms with Crippen LogP contribution in [0.3, 0.4) is 0 Å². The first-order valence-electron chi connectivity index (χ1n) is 7.34. The largest absolute Gasteiger partial charge is 0.466 e. The van der Waals surface area contributed by atoms with Gasteiger partial charge >= 0.3 is 18.1 Å². The quantitative estimate of drug-likeness (QED) is 0.811. The zero-order chi connectivity index (χ0) is 18.1. The number of esters is 1. The van der Waals surface area contributed by atoms with Gasteiger partial charge in [0.25, 0.3) is 0 Å². The van der Waals surface area contributed by atoms with Crippen LogP contribution >= 0.6 is 0 Å². The molecule has 0 aromatic heterocycles. The maximum absolute atomic E-state index is 12.4. The number of urea groups is 1. The number of methoxy groups -OCH3 is 2. The summed E-state index contributed by atoms with van der Waals surface area (Å²) in [6.07, 6.45) is -0.908. The molecular weight excluding hydrogens is 332 g/mol. The van der Waals surface area contributed by atoms with E-state index in [9.17, 15) is 14.4 Å². The molecular formula is C16H16N2O7. The van der Waals surface area contributed by atoms with Crippen molar-refractivity contribution in [2.24, 2.45) is 0 Å². The zero-order valence-corrected chi connectivity index (χ0v) is 13.8. The number of ether oxygens (including phenoxy) is 4. The third-order valence-electron chi connectivity index (χ3n) is 3.94. The van der Waals surface area contributed by atoms with Crippen LogP contribution < -0.4 is 14.8 Å². The second kappa shape index (κ2) is 6.34. The van der Waals surface area contributed by atoms with Crippen molar-refractivity contribution in [2.75, 3.05) is 21.0 Å². The average molecular weight is 348 g/mol. The Hall–Kier alpha value is -3.23. The molecule has 132 valence electrons. The lowest BCUT2D eigenvalue weighted by molar-refractivity contribution is -0.136. The first kappa shape index (κ1) is 16.6. The maximum Gasteiger partial charge on any atom is 0.418 e. The number of rotatable bonds is 2. The van der Waals surface area contributed by atoms with Crippen molar-refractivity contribution in [3.8, 4) is 11.5 Å². The highest BCUT2D eigenvalue weighted by Crippen LogP contribution is 2.40. The Morgan fingerprint density at radius 3 is 2.60 bits per heavy atom. The van der Waals surface area contributed by atoms with Crippen molar-refractivity contribution >= 4 is 18.1 Å². The number of imide groups is 1. The summed E-state index contributed by atoms with van der Waals surface area (Å²) in [7, 11) is 2.37. The highest BCUT2D eigenvalue weighted by molar-refractivity contribution is 6.00. The fourth-order valence-corrected chi connectivity index (χ4v) is 2.80. The molecule has 1 aromatic carbocycles. The molecule has 0 fully saturated rings. The molecule has 0 aliphatic carbocycles. The van der Waals surface area contributed by atoms with Crippen molar-refractivity contribution in [1.29, 1.82) is 0 Å². The predicted molar refractivity (Wildman–Crippen MR) is 82.8 cm³/mol. The standard InChI is InChI=1S/C16H16N2O7/c1-8-12(14(19)22-2)13(18(15(20)17-8)16(21)23-3)9-4-5-10-11(6-9)25-7-24-10/h4-6,13H,7H2,1-3H3,(H,17,20)/t13-/m1/s1. The van der Waals surface area contributed by atoms with Crippen LogP contribution in [0, 0.1) is 0 Å². The van der Waals surface area contributed by atoms with E-state index in [0.29, 0.717) is 22.8 Å². The number of benzene rings is 1. The topological polar surface area (TPSA) is 103 Å². The molecule has 2 heterocycles. The number of nitrogens with zero attached hydrogens (tertiary/aromatic N) is 1. The summed E-state index contributed by atoms with van der Waals surface area (Å²) in [6.45, 7) is 1.63. The van der Waals surface area contributed by atoms with Crippen molar-refractivity contribution < 1.29 is 33.3 Å². The molecule has 0 spiro atoms. The van der Waals surface area contributed by atoms with Gasteiger partial charge in [0, 0.05) is 5.70 Å². The van der Waals surface area contributed by atoms with Gasteiger partial charge in [0.2, 0.25) is 6.79 Å². The molecule has 9 nitrogen and oxygen atoms in total. The highest BCUT2D eigenvalue weighted by Gasteiger charge is 2.42. The van der Waals surface area contributed by atoms with Gasteiger partial charge in [-0.3, -0.25) is 0 Å². The Balaban J connectivity index is 2.16. The first-order chi connectivity index (χ1) is 12.0. The van der Waals surface area contributed by atoms with Crippen molar-refractivity contribution in [3.63, 3.8) is 0 Å². The Morgan fingerprint density at radius 2 is 1.92 bits per heavy atom. The van der Waals surface area contributed by atoms with Crippen LogP contribution in [-0.2, 0) is 14.3 Å². The molecule has 0 saturated carbocycles. The van der Waals surface area contributed by atoms with Gasteiger partial charge in [-0.15, -0.1) is 0 Å². The summed E-state index contributed by atoms with van der Waals surface area (Å²) in [5.41, 5.74) is 0.885. The molecule has 9 heteroatoms. The fraction of sp³-hybridized carbons (Fsp3) is 0.312. The lowest BCUT2D eigenvalue weighted by atomic mass is 9.94. The van der Waals surface area contributed by atoms with E-state index in [1.165, 1.54) is 7.11 Å². The summed E-state index contributed by atoms with van der Waals surface area (Å²) in [4.78, 5) is 37.6. The Bertz CT molecular complexity index is 787. The fourth-order valence-electron chi connectivity index (χ4n) is 2.80. The highest BCUT2D eigenvalue weighted by atomic mass is 16.7.